The largest absolute Gasteiger partial charge is 0.302 e. The first-order valence-electron chi connectivity index (χ1n) is 5.52. The van der Waals surface area contributed by atoms with Crippen molar-refractivity contribution >= 4 is 11.8 Å². The molecule has 2 fully saturated rings. The van der Waals surface area contributed by atoms with Crippen LogP contribution < -0.4 is 5.32 Å². The third kappa shape index (κ3) is 2.04. The number of thioether (sulfide) groups is 1. The molecule has 1 N–H and O–H groups in total. The van der Waals surface area contributed by atoms with E-state index in [4.69, 9.17) is 0 Å². The number of nitrogens with one attached hydrogen (secondary N) is 1. The van der Waals surface area contributed by atoms with Crippen LogP contribution in [-0.2, 0) is 0 Å². The second-order valence-corrected chi connectivity index (χ2v) is 6.98. The van der Waals surface area contributed by atoms with Gasteiger partial charge >= 0.3 is 0 Å². The molecule has 3 atom stereocenters. The van der Waals surface area contributed by atoms with Crippen LogP contribution in [0.3, 0.4) is 0 Å². The van der Waals surface area contributed by atoms with Gasteiger partial charge < -0.3 is 5.32 Å². The lowest BCUT2D eigenvalue weighted by molar-refractivity contribution is 0.224. The first-order valence-corrected chi connectivity index (χ1v) is 6.40. The second-order valence-electron chi connectivity index (χ2n) is 5.16. The molecule has 0 aromatic heterocycles. The molecule has 2 heteroatoms. The fraction of sp³-hybridized carbons (Fsp3) is 1.00. The molecule has 0 amide bonds. The van der Waals surface area contributed by atoms with Crippen LogP contribution in [0.4, 0.5) is 0 Å². The molecule has 1 nitrogen and oxygen atoms in total. The molecule has 1 aliphatic heterocycles. The zero-order valence-corrected chi connectivity index (χ0v) is 9.79. The molecule has 0 radical (unpaired) electrons. The fourth-order valence-electron chi connectivity index (χ4n) is 3.10. The Bertz CT molecular complexity index is 183. The standard InChI is InChI=1S/C11H21NS/c1-8-4-9(2)6-11(5-8)12-7-10(3)13-11/h8-10,12H,4-7H2,1-3H3. The van der Waals surface area contributed by atoms with Crippen LogP contribution in [0.5, 0.6) is 0 Å². The van der Waals surface area contributed by atoms with E-state index in [2.05, 4.69) is 37.8 Å². The second kappa shape index (κ2) is 3.47. The molecule has 0 bridgehead atoms. The van der Waals surface area contributed by atoms with Crippen molar-refractivity contribution in [3.8, 4) is 0 Å². The lowest BCUT2D eigenvalue weighted by Crippen LogP contribution is -2.43. The van der Waals surface area contributed by atoms with Gasteiger partial charge in [-0.1, -0.05) is 20.8 Å². The van der Waals surface area contributed by atoms with Gasteiger partial charge in [0.25, 0.3) is 0 Å². The zero-order chi connectivity index (χ0) is 9.47. The van der Waals surface area contributed by atoms with Crippen molar-refractivity contribution in [2.75, 3.05) is 6.54 Å². The maximum absolute atomic E-state index is 3.75. The van der Waals surface area contributed by atoms with E-state index in [9.17, 15) is 0 Å². The highest BCUT2D eigenvalue weighted by Crippen LogP contribution is 2.47. The Hall–Kier alpha value is 0.310. The smallest absolute Gasteiger partial charge is 0.0653 e. The fourth-order valence-corrected chi connectivity index (χ4v) is 4.97. The van der Waals surface area contributed by atoms with E-state index in [0.29, 0.717) is 4.87 Å². The molecule has 0 aromatic rings. The first kappa shape index (κ1) is 9.85. The van der Waals surface area contributed by atoms with E-state index in [-0.39, 0.29) is 0 Å². The number of hydrogen-bond donors (Lipinski definition) is 1. The molecule has 13 heavy (non-hydrogen) atoms. The zero-order valence-electron chi connectivity index (χ0n) is 8.97. The highest BCUT2D eigenvalue weighted by molar-refractivity contribution is 8.01. The molecular formula is C11H21NS. The van der Waals surface area contributed by atoms with Gasteiger partial charge in [0.1, 0.15) is 0 Å². The molecule has 1 saturated carbocycles. The van der Waals surface area contributed by atoms with Gasteiger partial charge in [-0.15, -0.1) is 11.8 Å². The maximum Gasteiger partial charge on any atom is 0.0653 e. The Kier molecular flexibility index (Phi) is 2.63. The predicted molar refractivity (Wildman–Crippen MR) is 60.0 cm³/mol. The summed E-state index contributed by atoms with van der Waals surface area (Å²) in [4.78, 5) is 0.455. The highest BCUT2D eigenvalue weighted by Gasteiger charge is 2.42. The Morgan fingerprint density at radius 2 is 1.77 bits per heavy atom. The number of hydrogen-bond acceptors (Lipinski definition) is 2. The van der Waals surface area contributed by atoms with Crippen LogP contribution in [0.25, 0.3) is 0 Å². The van der Waals surface area contributed by atoms with Crippen LogP contribution >= 0.6 is 11.8 Å². The van der Waals surface area contributed by atoms with E-state index in [0.717, 1.165) is 17.1 Å². The molecule has 76 valence electrons. The summed E-state index contributed by atoms with van der Waals surface area (Å²) in [6.45, 7) is 8.37. The van der Waals surface area contributed by atoms with Gasteiger partial charge in [-0.25, -0.2) is 0 Å². The van der Waals surface area contributed by atoms with Gasteiger partial charge in [-0.05, 0) is 31.1 Å². The van der Waals surface area contributed by atoms with Crippen molar-refractivity contribution in [1.29, 1.82) is 0 Å². The van der Waals surface area contributed by atoms with Crippen molar-refractivity contribution in [3.63, 3.8) is 0 Å². The summed E-state index contributed by atoms with van der Waals surface area (Å²) in [6, 6.07) is 0. The molecular weight excluding hydrogens is 178 g/mol. The Balaban J connectivity index is 2.05. The van der Waals surface area contributed by atoms with Gasteiger partial charge in [0.15, 0.2) is 0 Å². The first-order chi connectivity index (χ1) is 6.10. The van der Waals surface area contributed by atoms with Crippen LogP contribution in [0, 0.1) is 11.8 Å². The molecule has 1 saturated heterocycles. The minimum Gasteiger partial charge on any atom is -0.302 e. The predicted octanol–water partition coefficient (Wildman–Crippen LogP) is 2.86. The average Bonchev–Trinajstić information content (AvgIpc) is 2.28. The molecule has 0 aromatic carbocycles. The van der Waals surface area contributed by atoms with Crippen LogP contribution in [0.1, 0.15) is 40.0 Å². The summed E-state index contributed by atoms with van der Waals surface area (Å²) in [5.74, 6) is 1.82. The lowest BCUT2D eigenvalue weighted by atomic mass is 9.80. The highest BCUT2D eigenvalue weighted by atomic mass is 32.2. The van der Waals surface area contributed by atoms with E-state index < -0.39 is 0 Å². The van der Waals surface area contributed by atoms with Crippen LogP contribution in [0.15, 0.2) is 0 Å². The molecule has 1 spiro atoms. The van der Waals surface area contributed by atoms with E-state index in [1.54, 1.807) is 0 Å². The van der Waals surface area contributed by atoms with E-state index in [1.807, 2.05) is 0 Å². The van der Waals surface area contributed by atoms with Crippen molar-refractivity contribution in [2.24, 2.45) is 11.8 Å². The van der Waals surface area contributed by atoms with Gasteiger partial charge in [-0.3, -0.25) is 0 Å². The monoisotopic (exact) mass is 199 g/mol. The Morgan fingerprint density at radius 1 is 1.15 bits per heavy atom. The van der Waals surface area contributed by atoms with Gasteiger partial charge in [-0.2, -0.15) is 0 Å². The summed E-state index contributed by atoms with van der Waals surface area (Å²) in [5.41, 5.74) is 0. The normalized spacial score (nSPS) is 51.5. The quantitative estimate of drug-likeness (QED) is 0.644. The summed E-state index contributed by atoms with van der Waals surface area (Å²) in [5, 5.41) is 4.56. The molecule has 2 aliphatic rings. The van der Waals surface area contributed by atoms with Gasteiger partial charge in [0.05, 0.1) is 4.87 Å². The van der Waals surface area contributed by atoms with Crippen LogP contribution in [0.2, 0.25) is 0 Å². The third-order valence-electron chi connectivity index (χ3n) is 3.30. The lowest BCUT2D eigenvalue weighted by Gasteiger charge is -2.39. The molecule has 3 unspecified atom stereocenters. The minimum absolute atomic E-state index is 0.455. The average molecular weight is 199 g/mol. The van der Waals surface area contributed by atoms with Crippen molar-refractivity contribution in [2.45, 2.75) is 50.2 Å². The van der Waals surface area contributed by atoms with Crippen molar-refractivity contribution < 1.29 is 0 Å². The van der Waals surface area contributed by atoms with Gasteiger partial charge in [0.2, 0.25) is 0 Å². The maximum atomic E-state index is 3.75. The minimum atomic E-state index is 0.455. The topological polar surface area (TPSA) is 12.0 Å². The SMILES string of the molecule is CC1CC(C)CC2(C1)NCC(C)S2. The molecule has 1 heterocycles. The Morgan fingerprint density at radius 3 is 2.23 bits per heavy atom. The summed E-state index contributed by atoms with van der Waals surface area (Å²) >= 11 is 2.19. The van der Waals surface area contributed by atoms with Crippen LogP contribution in [-0.4, -0.2) is 16.7 Å². The Labute approximate surface area is 86.0 Å². The third-order valence-corrected chi connectivity index (χ3v) is 4.80. The number of rotatable bonds is 0. The summed E-state index contributed by atoms with van der Waals surface area (Å²) in [7, 11) is 0. The summed E-state index contributed by atoms with van der Waals surface area (Å²) in [6.07, 6.45) is 4.19. The molecule has 2 rings (SSSR count). The summed E-state index contributed by atoms with van der Waals surface area (Å²) < 4.78 is 0. The molecule has 1 aliphatic carbocycles. The van der Waals surface area contributed by atoms with Gasteiger partial charge in [0, 0.05) is 11.8 Å². The van der Waals surface area contributed by atoms with E-state index >= 15 is 0 Å². The van der Waals surface area contributed by atoms with Crippen molar-refractivity contribution in [1.82, 2.24) is 5.32 Å². The van der Waals surface area contributed by atoms with E-state index in [1.165, 1.54) is 25.8 Å². The van der Waals surface area contributed by atoms with Crippen molar-refractivity contribution in [3.05, 3.63) is 0 Å².